The van der Waals surface area contributed by atoms with Crippen LogP contribution in [-0.2, 0) is 4.79 Å². The van der Waals surface area contributed by atoms with Crippen LogP contribution in [0, 0.1) is 5.92 Å². The first-order valence-corrected chi connectivity index (χ1v) is 6.72. The van der Waals surface area contributed by atoms with Gasteiger partial charge in [-0.15, -0.1) is 0 Å². The van der Waals surface area contributed by atoms with E-state index in [1.807, 2.05) is 18.2 Å². The molecule has 1 aliphatic rings. The molecule has 6 nitrogen and oxygen atoms in total. The zero-order valence-electron chi connectivity index (χ0n) is 11.0. The quantitative estimate of drug-likeness (QED) is 0.763. The Kier molecular flexibility index (Phi) is 3.42. The highest BCUT2D eigenvalue weighted by Gasteiger charge is 2.30. The van der Waals surface area contributed by atoms with Crippen LogP contribution in [0.25, 0.3) is 11.1 Å². The summed E-state index contributed by atoms with van der Waals surface area (Å²) in [7, 11) is 0. The van der Waals surface area contributed by atoms with E-state index in [0.29, 0.717) is 24.1 Å². The van der Waals surface area contributed by atoms with E-state index in [4.69, 9.17) is 10.2 Å². The third-order valence-electron chi connectivity index (χ3n) is 3.69. The fourth-order valence-electron chi connectivity index (χ4n) is 2.53. The molecule has 1 saturated heterocycles. The number of carbonyl (C=O) groups excluding carboxylic acids is 1. The van der Waals surface area contributed by atoms with Crippen molar-refractivity contribution in [2.24, 2.45) is 11.7 Å². The molecule has 3 atom stereocenters. The summed E-state index contributed by atoms with van der Waals surface area (Å²) in [4.78, 5) is 15.8. The lowest BCUT2D eigenvalue weighted by Gasteiger charge is -2.18. The first kappa shape index (κ1) is 13.1. The monoisotopic (exact) mass is 275 g/mol. The van der Waals surface area contributed by atoms with Gasteiger partial charge >= 0.3 is 0 Å². The number of aliphatic hydroxyl groups is 1. The van der Waals surface area contributed by atoms with Crippen LogP contribution in [0.15, 0.2) is 28.7 Å². The Labute approximate surface area is 116 Å². The molecule has 0 bridgehead atoms. The maximum atomic E-state index is 11.5. The molecule has 1 aromatic carbocycles. The zero-order chi connectivity index (χ0) is 14.1. The molecule has 1 aromatic heterocycles. The van der Waals surface area contributed by atoms with Crippen molar-refractivity contribution in [3.63, 3.8) is 0 Å². The van der Waals surface area contributed by atoms with E-state index in [1.165, 1.54) is 0 Å². The highest BCUT2D eigenvalue weighted by atomic mass is 16.4. The first-order chi connectivity index (χ1) is 9.65. The Morgan fingerprint density at radius 2 is 2.30 bits per heavy atom. The van der Waals surface area contributed by atoms with Gasteiger partial charge in [0, 0.05) is 18.5 Å². The van der Waals surface area contributed by atoms with Gasteiger partial charge in [-0.2, -0.15) is 0 Å². The number of aliphatic hydroxyl groups excluding tert-OH is 1. The number of benzene rings is 1. The van der Waals surface area contributed by atoms with Crippen molar-refractivity contribution in [3.8, 4) is 0 Å². The number of fused-ring (bicyclic) bond motifs is 1. The molecule has 1 aliphatic heterocycles. The van der Waals surface area contributed by atoms with Crippen molar-refractivity contribution >= 4 is 17.0 Å². The van der Waals surface area contributed by atoms with Crippen molar-refractivity contribution in [2.45, 2.75) is 25.0 Å². The Hall–Kier alpha value is -1.92. The van der Waals surface area contributed by atoms with Gasteiger partial charge in [-0.25, -0.2) is 4.98 Å². The molecule has 0 radical (unpaired) electrons. The maximum Gasteiger partial charge on any atom is 0.225 e. The number of hydrogen-bond donors (Lipinski definition) is 3. The summed E-state index contributed by atoms with van der Waals surface area (Å²) in [5.74, 6) is 0.0753. The summed E-state index contributed by atoms with van der Waals surface area (Å²) >= 11 is 0. The predicted octanol–water partition coefficient (Wildman–Crippen LogP) is 0.715. The fourth-order valence-corrected chi connectivity index (χ4v) is 2.53. The van der Waals surface area contributed by atoms with Crippen molar-refractivity contribution in [3.05, 3.63) is 30.2 Å². The molecule has 20 heavy (non-hydrogen) atoms. The van der Waals surface area contributed by atoms with E-state index in [1.54, 1.807) is 6.07 Å². The van der Waals surface area contributed by atoms with E-state index in [2.05, 4.69) is 10.3 Å². The van der Waals surface area contributed by atoms with E-state index >= 15 is 0 Å². The van der Waals surface area contributed by atoms with Crippen LogP contribution in [0.5, 0.6) is 0 Å². The molecule has 1 unspecified atom stereocenters. The smallest absolute Gasteiger partial charge is 0.225 e. The molecule has 2 heterocycles. The third kappa shape index (κ3) is 2.39. The molecule has 4 N–H and O–H groups in total. The summed E-state index contributed by atoms with van der Waals surface area (Å²) in [6, 6.07) is 6.72. The average Bonchev–Trinajstić information content (AvgIpc) is 3.04. The van der Waals surface area contributed by atoms with Gasteiger partial charge in [0.2, 0.25) is 11.8 Å². The van der Waals surface area contributed by atoms with Crippen LogP contribution in [0.1, 0.15) is 24.8 Å². The van der Waals surface area contributed by atoms with Gasteiger partial charge in [-0.3, -0.25) is 4.79 Å². The second kappa shape index (κ2) is 5.22. The van der Waals surface area contributed by atoms with Crippen molar-refractivity contribution < 1.29 is 14.3 Å². The van der Waals surface area contributed by atoms with Gasteiger partial charge in [0.25, 0.3) is 0 Å². The number of oxazole rings is 1. The highest BCUT2D eigenvalue weighted by Crippen LogP contribution is 2.25. The lowest BCUT2D eigenvalue weighted by molar-refractivity contribution is -0.122. The van der Waals surface area contributed by atoms with E-state index in [-0.39, 0.29) is 17.7 Å². The minimum atomic E-state index is -1.00. The van der Waals surface area contributed by atoms with Crippen LogP contribution < -0.4 is 11.1 Å². The number of amides is 1. The highest BCUT2D eigenvalue weighted by molar-refractivity contribution is 5.80. The topological polar surface area (TPSA) is 101 Å². The number of nitrogens with zero attached hydrogens (tertiary/aromatic N) is 1. The molecule has 3 rings (SSSR count). The van der Waals surface area contributed by atoms with Crippen LogP contribution in [0.4, 0.5) is 0 Å². The number of aromatic nitrogens is 1. The molecule has 1 amide bonds. The molecule has 2 aromatic rings. The first-order valence-electron chi connectivity index (χ1n) is 6.72. The van der Waals surface area contributed by atoms with E-state index in [0.717, 1.165) is 6.42 Å². The van der Waals surface area contributed by atoms with Crippen molar-refractivity contribution in [2.75, 3.05) is 6.54 Å². The lowest BCUT2D eigenvalue weighted by Crippen LogP contribution is -2.33. The minimum Gasteiger partial charge on any atom is -0.438 e. The third-order valence-corrected chi connectivity index (χ3v) is 3.69. The van der Waals surface area contributed by atoms with Gasteiger partial charge < -0.3 is 20.6 Å². The summed E-state index contributed by atoms with van der Waals surface area (Å²) in [5, 5.41) is 13.0. The molecule has 0 saturated carbocycles. The van der Waals surface area contributed by atoms with Crippen LogP contribution in [-0.4, -0.2) is 28.6 Å². The molecular formula is C14H17N3O3. The standard InChI is InChI=1S/C14H17N3O3/c15-9(7-8-5-6-16-13(8)19)12(18)14-17-10-3-1-2-4-11(10)20-14/h1-4,8-9,12,18H,5-7,15H2,(H,16,19)/t8-,9-,12?/m0/s1. The predicted molar refractivity (Wildman–Crippen MR) is 72.7 cm³/mol. The largest absolute Gasteiger partial charge is 0.438 e. The summed E-state index contributed by atoms with van der Waals surface area (Å²) < 4.78 is 5.50. The van der Waals surface area contributed by atoms with Gasteiger partial charge in [-0.05, 0) is 25.0 Å². The Balaban J connectivity index is 1.73. The molecule has 6 heteroatoms. The number of carbonyl (C=O) groups is 1. The number of para-hydroxylation sites is 2. The van der Waals surface area contributed by atoms with Gasteiger partial charge in [0.05, 0.1) is 0 Å². The molecular weight excluding hydrogens is 258 g/mol. The van der Waals surface area contributed by atoms with Crippen molar-refractivity contribution in [1.82, 2.24) is 10.3 Å². The lowest BCUT2D eigenvalue weighted by atomic mass is 9.95. The van der Waals surface area contributed by atoms with E-state index < -0.39 is 12.1 Å². The fraction of sp³-hybridized carbons (Fsp3) is 0.429. The maximum absolute atomic E-state index is 11.5. The summed E-state index contributed by atoms with van der Waals surface area (Å²) in [5.41, 5.74) is 7.29. The SMILES string of the molecule is N[C@@H](C[C@@H]1CCNC1=O)C(O)c1nc2ccccc2o1. The van der Waals surface area contributed by atoms with Gasteiger partial charge in [0.1, 0.15) is 11.6 Å². The second-order valence-corrected chi connectivity index (χ2v) is 5.14. The van der Waals surface area contributed by atoms with Crippen LogP contribution >= 0.6 is 0 Å². The number of hydrogen-bond acceptors (Lipinski definition) is 5. The minimum absolute atomic E-state index is 0.00483. The van der Waals surface area contributed by atoms with Crippen LogP contribution in [0.2, 0.25) is 0 Å². The number of rotatable bonds is 4. The Morgan fingerprint density at radius 3 is 3.00 bits per heavy atom. The number of nitrogens with two attached hydrogens (primary N) is 1. The molecule has 0 aliphatic carbocycles. The molecule has 106 valence electrons. The van der Waals surface area contributed by atoms with Gasteiger partial charge in [-0.1, -0.05) is 12.1 Å². The normalized spacial score (nSPS) is 21.9. The molecule has 1 fully saturated rings. The van der Waals surface area contributed by atoms with Crippen molar-refractivity contribution in [1.29, 1.82) is 0 Å². The Bertz CT molecular complexity index is 592. The second-order valence-electron chi connectivity index (χ2n) is 5.14. The van der Waals surface area contributed by atoms with Gasteiger partial charge in [0.15, 0.2) is 5.58 Å². The summed E-state index contributed by atoms with van der Waals surface area (Å²) in [6.45, 7) is 0.676. The summed E-state index contributed by atoms with van der Waals surface area (Å²) in [6.07, 6.45) is 0.175. The zero-order valence-corrected chi connectivity index (χ0v) is 11.0. The Morgan fingerprint density at radius 1 is 1.50 bits per heavy atom. The van der Waals surface area contributed by atoms with E-state index in [9.17, 15) is 9.90 Å². The average molecular weight is 275 g/mol. The van der Waals surface area contributed by atoms with Crippen LogP contribution in [0.3, 0.4) is 0 Å². The number of nitrogens with one attached hydrogen (secondary N) is 1. The molecule has 0 spiro atoms.